The van der Waals surface area contributed by atoms with Gasteiger partial charge in [0.15, 0.2) is 17.5 Å². The molecule has 7 heteroatoms. The van der Waals surface area contributed by atoms with Crippen LogP contribution >= 0.6 is 11.3 Å². The Bertz CT molecular complexity index is 991. The smallest absolute Gasteiger partial charge is 0.306 e. The van der Waals surface area contributed by atoms with Crippen LogP contribution in [0.25, 0.3) is 5.13 Å². The summed E-state index contributed by atoms with van der Waals surface area (Å²) in [5, 5.41) is 2.65. The lowest BCUT2D eigenvalue weighted by atomic mass is 10.1. The molecule has 0 bridgehead atoms. The third-order valence-corrected chi connectivity index (χ3v) is 5.11. The number of hydrogen-bond acceptors (Lipinski definition) is 6. The topological polar surface area (TPSA) is 78.3 Å². The zero-order valence-electron chi connectivity index (χ0n) is 15.7. The highest BCUT2D eigenvalue weighted by molar-refractivity contribution is 7.12. The number of carbonyl (C=O) groups excluding carboxylic acids is 3. The number of ether oxygens (including phenoxy) is 1. The quantitative estimate of drug-likeness (QED) is 0.426. The molecule has 2 heterocycles. The minimum absolute atomic E-state index is 0.0512. The largest absolute Gasteiger partial charge is 0.457 e. The van der Waals surface area contributed by atoms with Gasteiger partial charge in [-0.2, -0.15) is 0 Å². The summed E-state index contributed by atoms with van der Waals surface area (Å²) < 4.78 is 6.98. The third-order valence-electron chi connectivity index (χ3n) is 4.36. The normalized spacial score (nSPS) is 10.6. The standard InChI is InChI=1S/C21H20N2O4S/c1-14-12-17(15(2)23(14)21-22-10-11-28-21)19(25)13-27-20(26)9-8-18(24)16-6-4-3-5-7-16/h3-7,10-12H,8-9,13H2,1-2H3. The molecule has 2 aromatic heterocycles. The van der Waals surface area contributed by atoms with Gasteiger partial charge in [-0.05, 0) is 19.9 Å². The van der Waals surface area contributed by atoms with Gasteiger partial charge in [-0.3, -0.25) is 19.0 Å². The molecule has 1 aromatic carbocycles. The number of benzene rings is 1. The summed E-state index contributed by atoms with van der Waals surface area (Å²) >= 11 is 1.48. The highest BCUT2D eigenvalue weighted by atomic mass is 32.1. The van der Waals surface area contributed by atoms with Crippen LogP contribution < -0.4 is 0 Å². The SMILES string of the molecule is Cc1cc(C(=O)COC(=O)CCC(=O)c2ccccc2)c(C)n1-c1nccs1. The van der Waals surface area contributed by atoms with Gasteiger partial charge in [0.1, 0.15) is 0 Å². The maximum Gasteiger partial charge on any atom is 0.306 e. The predicted molar refractivity (Wildman–Crippen MR) is 106 cm³/mol. The zero-order chi connectivity index (χ0) is 20.1. The molecule has 0 spiro atoms. The van der Waals surface area contributed by atoms with Gasteiger partial charge in [-0.1, -0.05) is 30.3 Å². The first-order valence-electron chi connectivity index (χ1n) is 8.83. The average molecular weight is 396 g/mol. The number of carbonyl (C=O) groups is 3. The van der Waals surface area contributed by atoms with Gasteiger partial charge < -0.3 is 4.74 Å². The fourth-order valence-electron chi connectivity index (χ4n) is 2.95. The van der Waals surface area contributed by atoms with Crippen molar-refractivity contribution in [1.82, 2.24) is 9.55 Å². The Morgan fingerprint density at radius 2 is 1.82 bits per heavy atom. The number of nitrogens with zero attached hydrogens (tertiary/aromatic N) is 2. The molecule has 0 fully saturated rings. The molecule has 3 aromatic rings. The van der Waals surface area contributed by atoms with E-state index in [1.165, 1.54) is 11.3 Å². The number of ketones is 2. The van der Waals surface area contributed by atoms with Crippen molar-refractivity contribution in [3.8, 4) is 5.13 Å². The van der Waals surface area contributed by atoms with Crippen LogP contribution in [0.4, 0.5) is 0 Å². The van der Waals surface area contributed by atoms with Crippen LogP contribution in [0.15, 0.2) is 48.0 Å². The summed E-state index contributed by atoms with van der Waals surface area (Å²) in [6, 6.07) is 10.5. The van der Waals surface area contributed by atoms with Crippen molar-refractivity contribution >= 4 is 28.9 Å². The van der Waals surface area contributed by atoms with E-state index in [0.29, 0.717) is 11.1 Å². The summed E-state index contributed by atoms with van der Waals surface area (Å²) in [5.41, 5.74) is 2.70. The summed E-state index contributed by atoms with van der Waals surface area (Å²) in [4.78, 5) is 40.7. The van der Waals surface area contributed by atoms with Crippen LogP contribution in [0, 0.1) is 13.8 Å². The van der Waals surface area contributed by atoms with E-state index in [1.54, 1.807) is 36.5 Å². The fourth-order valence-corrected chi connectivity index (χ4v) is 3.70. The zero-order valence-corrected chi connectivity index (χ0v) is 16.5. The fraction of sp³-hybridized carbons (Fsp3) is 0.238. The molecule has 0 unspecified atom stereocenters. The van der Waals surface area contributed by atoms with Crippen molar-refractivity contribution in [3.05, 3.63) is 70.5 Å². The molecule has 3 rings (SSSR count). The number of rotatable bonds is 8. The van der Waals surface area contributed by atoms with Gasteiger partial charge in [0.05, 0.1) is 6.42 Å². The molecule has 0 amide bonds. The van der Waals surface area contributed by atoms with Crippen molar-refractivity contribution in [2.75, 3.05) is 6.61 Å². The Morgan fingerprint density at radius 3 is 2.50 bits per heavy atom. The number of esters is 1. The van der Waals surface area contributed by atoms with Crippen molar-refractivity contribution in [1.29, 1.82) is 0 Å². The van der Waals surface area contributed by atoms with Crippen molar-refractivity contribution in [2.45, 2.75) is 26.7 Å². The maximum absolute atomic E-state index is 12.5. The Kier molecular flexibility index (Phi) is 6.16. The van der Waals surface area contributed by atoms with E-state index in [0.717, 1.165) is 16.5 Å². The van der Waals surface area contributed by atoms with Gasteiger partial charge in [-0.25, -0.2) is 4.98 Å². The van der Waals surface area contributed by atoms with Crippen LogP contribution in [0.1, 0.15) is 44.9 Å². The lowest BCUT2D eigenvalue weighted by Crippen LogP contribution is -2.15. The predicted octanol–water partition coefficient (Wildman–Crippen LogP) is 3.94. The van der Waals surface area contributed by atoms with Gasteiger partial charge >= 0.3 is 5.97 Å². The molecule has 0 saturated heterocycles. The van der Waals surface area contributed by atoms with Crippen LogP contribution in [-0.2, 0) is 9.53 Å². The summed E-state index contributed by atoms with van der Waals surface area (Å²) in [6.07, 6.45) is 1.70. The molecule has 0 aliphatic rings. The molecule has 28 heavy (non-hydrogen) atoms. The van der Waals surface area contributed by atoms with Crippen molar-refractivity contribution < 1.29 is 19.1 Å². The Morgan fingerprint density at radius 1 is 1.07 bits per heavy atom. The molecule has 0 radical (unpaired) electrons. The molecular weight excluding hydrogens is 376 g/mol. The second-order valence-corrected chi connectivity index (χ2v) is 7.18. The monoisotopic (exact) mass is 396 g/mol. The number of Topliss-reactive ketones (excluding diaryl/α,β-unsaturated/α-hetero) is 2. The molecule has 0 N–H and O–H groups in total. The van der Waals surface area contributed by atoms with E-state index in [4.69, 9.17) is 4.74 Å². The van der Waals surface area contributed by atoms with Crippen molar-refractivity contribution in [3.63, 3.8) is 0 Å². The van der Waals surface area contributed by atoms with E-state index in [-0.39, 0.29) is 31.0 Å². The van der Waals surface area contributed by atoms with Gasteiger partial charge in [0, 0.05) is 40.5 Å². The first kappa shape index (κ1) is 19.7. The first-order valence-corrected chi connectivity index (χ1v) is 9.71. The van der Waals surface area contributed by atoms with Gasteiger partial charge in [0.2, 0.25) is 5.78 Å². The molecule has 144 valence electrons. The van der Waals surface area contributed by atoms with Crippen LogP contribution in [0.3, 0.4) is 0 Å². The van der Waals surface area contributed by atoms with E-state index in [1.807, 2.05) is 29.9 Å². The van der Waals surface area contributed by atoms with E-state index in [2.05, 4.69) is 4.98 Å². The molecule has 0 aliphatic heterocycles. The van der Waals surface area contributed by atoms with Crippen molar-refractivity contribution in [2.24, 2.45) is 0 Å². The van der Waals surface area contributed by atoms with Crippen LogP contribution in [-0.4, -0.2) is 33.7 Å². The second-order valence-electron chi connectivity index (χ2n) is 6.31. The minimum atomic E-state index is -0.564. The summed E-state index contributed by atoms with van der Waals surface area (Å²) in [5.74, 6) is -0.971. The Labute approximate surface area is 166 Å². The lowest BCUT2D eigenvalue weighted by molar-refractivity contribution is -0.142. The highest BCUT2D eigenvalue weighted by Gasteiger charge is 2.19. The highest BCUT2D eigenvalue weighted by Crippen LogP contribution is 2.22. The number of aromatic nitrogens is 2. The van der Waals surface area contributed by atoms with E-state index >= 15 is 0 Å². The van der Waals surface area contributed by atoms with Gasteiger partial charge in [-0.15, -0.1) is 11.3 Å². The lowest BCUT2D eigenvalue weighted by Gasteiger charge is -2.06. The van der Waals surface area contributed by atoms with E-state index in [9.17, 15) is 14.4 Å². The summed E-state index contributed by atoms with van der Waals surface area (Å²) in [7, 11) is 0. The first-order chi connectivity index (χ1) is 13.5. The number of thiazole rings is 1. The Hall–Kier alpha value is -3.06. The Balaban J connectivity index is 1.55. The number of aryl methyl sites for hydroxylation is 1. The minimum Gasteiger partial charge on any atom is -0.457 e. The van der Waals surface area contributed by atoms with Crippen LogP contribution in [0.2, 0.25) is 0 Å². The second kappa shape index (κ2) is 8.75. The van der Waals surface area contributed by atoms with E-state index < -0.39 is 5.97 Å². The van der Waals surface area contributed by atoms with Crippen LogP contribution in [0.5, 0.6) is 0 Å². The average Bonchev–Trinajstić information content (AvgIpc) is 3.32. The van der Waals surface area contributed by atoms with Gasteiger partial charge in [0.25, 0.3) is 0 Å². The molecule has 0 atom stereocenters. The summed E-state index contributed by atoms with van der Waals surface area (Å²) in [6.45, 7) is 3.38. The molecule has 0 aliphatic carbocycles. The molecular formula is C21H20N2O4S. The molecule has 6 nitrogen and oxygen atoms in total. The maximum atomic E-state index is 12.5. The number of hydrogen-bond donors (Lipinski definition) is 0. The molecule has 0 saturated carbocycles. The third kappa shape index (κ3) is 4.43.